The average molecular weight is 483 g/mol. The second-order valence-corrected chi connectivity index (χ2v) is 10.4. The van der Waals surface area contributed by atoms with Crippen molar-refractivity contribution in [1.82, 2.24) is 10.0 Å². The van der Waals surface area contributed by atoms with Gasteiger partial charge in [0.1, 0.15) is 5.70 Å². The number of hydrogen-bond acceptors (Lipinski definition) is 5. The van der Waals surface area contributed by atoms with Crippen molar-refractivity contribution in [3.05, 3.63) is 106 Å². The first-order valence-electron chi connectivity index (χ1n) is 10.2. The Morgan fingerprint density at radius 1 is 0.970 bits per heavy atom. The fourth-order valence-electron chi connectivity index (χ4n) is 4.13. The van der Waals surface area contributed by atoms with Crippen LogP contribution >= 0.6 is 11.6 Å². The van der Waals surface area contributed by atoms with E-state index >= 15 is 0 Å². The van der Waals surface area contributed by atoms with Gasteiger partial charge in [0.2, 0.25) is 0 Å². The SMILES string of the molecule is CN1C(c2ccc(S(C)(=O)=O)cc2)C(c2ccc(Cl)cc2)=C(C(=O)O)N1Cc1ccccc1. The van der Waals surface area contributed by atoms with E-state index in [9.17, 15) is 18.3 Å². The fourth-order valence-corrected chi connectivity index (χ4v) is 4.89. The highest BCUT2D eigenvalue weighted by molar-refractivity contribution is 7.90. The third-order valence-corrected chi connectivity index (χ3v) is 7.08. The van der Waals surface area contributed by atoms with E-state index in [1.807, 2.05) is 42.4 Å². The first-order valence-corrected chi connectivity index (χ1v) is 12.5. The van der Waals surface area contributed by atoms with Gasteiger partial charge in [-0.05, 0) is 41.0 Å². The Labute approximate surface area is 198 Å². The highest BCUT2D eigenvalue weighted by Crippen LogP contribution is 2.45. The summed E-state index contributed by atoms with van der Waals surface area (Å²) >= 11 is 6.09. The van der Waals surface area contributed by atoms with E-state index in [4.69, 9.17) is 11.6 Å². The van der Waals surface area contributed by atoms with Gasteiger partial charge in [0, 0.05) is 23.9 Å². The van der Waals surface area contributed by atoms with Crippen molar-refractivity contribution in [3.63, 3.8) is 0 Å². The highest BCUT2D eigenvalue weighted by Gasteiger charge is 2.41. The molecule has 0 spiro atoms. The number of likely N-dealkylation sites (N-methyl/N-ethyl adjacent to an activating group) is 1. The van der Waals surface area contributed by atoms with Crippen LogP contribution in [0.4, 0.5) is 0 Å². The third-order valence-electron chi connectivity index (χ3n) is 5.70. The van der Waals surface area contributed by atoms with E-state index in [1.165, 1.54) is 0 Å². The lowest BCUT2D eigenvalue weighted by Gasteiger charge is -2.32. The molecule has 0 radical (unpaired) electrons. The predicted molar refractivity (Wildman–Crippen MR) is 128 cm³/mol. The van der Waals surface area contributed by atoms with Crippen LogP contribution in [-0.2, 0) is 21.2 Å². The lowest BCUT2D eigenvalue weighted by molar-refractivity contribution is -0.136. The summed E-state index contributed by atoms with van der Waals surface area (Å²) in [6.07, 6.45) is 1.16. The van der Waals surface area contributed by atoms with E-state index in [0.29, 0.717) is 17.1 Å². The fraction of sp³-hybridized carbons (Fsp3) is 0.160. The monoisotopic (exact) mass is 482 g/mol. The molecule has 1 aliphatic rings. The smallest absolute Gasteiger partial charge is 0.353 e. The van der Waals surface area contributed by atoms with E-state index in [1.54, 1.807) is 53.5 Å². The zero-order valence-electron chi connectivity index (χ0n) is 18.1. The zero-order valence-corrected chi connectivity index (χ0v) is 19.7. The minimum Gasteiger partial charge on any atom is -0.477 e. The number of carboxylic acid groups (broad SMARTS) is 1. The van der Waals surface area contributed by atoms with Crippen molar-refractivity contribution in [2.45, 2.75) is 17.5 Å². The quantitative estimate of drug-likeness (QED) is 0.551. The van der Waals surface area contributed by atoms with Gasteiger partial charge in [-0.1, -0.05) is 66.2 Å². The summed E-state index contributed by atoms with van der Waals surface area (Å²) in [5.74, 6) is -1.04. The molecule has 0 aromatic heterocycles. The molecule has 33 heavy (non-hydrogen) atoms. The van der Waals surface area contributed by atoms with Gasteiger partial charge in [0.05, 0.1) is 17.5 Å². The Morgan fingerprint density at radius 2 is 1.58 bits per heavy atom. The second-order valence-electron chi connectivity index (χ2n) is 7.93. The second kappa shape index (κ2) is 9.02. The maximum Gasteiger partial charge on any atom is 0.353 e. The van der Waals surface area contributed by atoms with Gasteiger partial charge in [0.25, 0.3) is 0 Å². The van der Waals surface area contributed by atoms with Crippen LogP contribution in [0.5, 0.6) is 0 Å². The number of halogens is 1. The summed E-state index contributed by atoms with van der Waals surface area (Å²) in [6.45, 7) is 0.369. The molecular weight excluding hydrogens is 460 g/mol. The van der Waals surface area contributed by atoms with Gasteiger partial charge in [-0.25, -0.2) is 18.2 Å². The number of carbonyl (C=O) groups is 1. The molecule has 0 amide bonds. The number of aliphatic carboxylic acids is 1. The molecule has 1 N–H and O–H groups in total. The molecule has 0 aliphatic carbocycles. The largest absolute Gasteiger partial charge is 0.477 e. The Hall–Kier alpha value is -3.13. The predicted octanol–water partition coefficient (Wildman–Crippen LogP) is 4.64. The number of hydrazine groups is 1. The normalized spacial score (nSPS) is 16.9. The zero-order chi connectivity index (χ0) is 23.8. The number of rotatable bonds is 6. The molecule has 1 unspecified atom stereocenters. The maximum absolute atomic E-state index is 12.5. The minimum atomic E-state index is -3.35. The average Bonchev–Trinajstić information content (AvgIpc) is 3.07. The Bertz CT molecular complexity index is 1300. The van der Waals surface area contributed by atoms with Crippen LogP contribution < -0.4 is 0 Å². The molecule has 1 heterocycles. The van der Waals surface area contributed by atoms with Crippen LogP contribution in [0.15, 0.2) is 89.5 Å². The lowest BCUT2D eigenvalue weighted by Crippen LogP contribution is -2.37. The van der Waals surface area contributed by atoms with Gasteiger partial charge in [-0.2, -0.15) is 0 Å². The Balaban J connectivity index is 1.88. The van der Waals surface area contributed by atoms with Gasteiger partial charge in [0.15, 0.2) is 9.84 Å². The van der Waals surface area contributed by atoms with E-state index < -0.39 is 21.8 Å². The summed E-state index contributed by atoms with van der Waals surface area (Å²) < 4.78 is 23.9. The van der Waals surface area contributed by atoms with Crippen LogP contribution in [0.2, 0.25) is 5.02 Å². The van der Waals surface area contributed by atoms with Gasteiger partial charge >= 0.3 is 5.97 Å². The minimum absolute atomic E-state index is 0.167. The van der Waals surface area contributed by atoms with Gasteiger partial charge in [-0.15, -0.1) is 0 Å². The van der Waals surface area contributed by atoms with Crippen LogP contribution in [0.3, 0.4) is 0 Å². The van der Waals surface area contributed by atoms with Gasteiger partial charge < -0.3 is 5.11 Å². The summed E-state index contributed by atoms with van der Waals surface area (Å²) in [7, 11) is -1.51. The van der Waals surface area contributed by atoms with E-state index in [0.717, 1.165) is 22.9 Å². The number of carboxylic acids is 1. The van der Waals surface area contributed by atoms with E-state index in [-0.39, 0.29) is 10.6 Å². The van der Waals surface area contributed by atoms with Crippen molar-refractivity contribution in [2.75, 3.05) is 13.3 Å². The molecular formula is C25H23ClN2O4S. The van der Waals surface area contributed by atoms with E-state index in [2.05, 4.69) is 0 Å². The summed E-state index contributed by atoms with van der Waals surface area (Å²) in [5, 5.41) is 14.4. The summed E-state index contributed by atoms with van der Waals surface area (Å²) in [4.78, 5) is 12.7. The lowest BCUT2D eigenvalue weighted by atomic mass is 9.92. The molecule has 170 valence electrons. The Kier molecular flexibility index (Phi) is 6.30. The summed E-state index contributed by atoms with van der Waals surface area (Å²) in [6, 6.07) is 22.8. The molecule has 0 bridgehead atoms. The number of nitrogens with zero attached hydrogens (tertiary/aromatic N) is 2. The first kappa shape index (κ1) is 23.0. The molecule has 1 aliphatic heterocycles. The first-order chi connectivity index (χ1) is 15.7. The molecule has 0 fully saturated rings. The van der Waals surface area contributed by atoms with Crippen molar-refractivity contribution in [1.29, 1.82) is 0 Å². The number of benzene rings is 3. The summed E-state index contributed by atoms with van der Waals surface area (Å²) in [5.41, 5.74) is 3.26. The topological polar surface area (TPSA) is 77.9 Å². The van der Waals surface area contributed by atoms with Crippen molar-refractivity contribution < 1.29 is 18.3 Å². The van der Waals surface area contributed by atoms with Crippen molar-refractivity contribution in [3.8, 4) is 0 Å². The van der Waals surface area contributed by atoms with Crippen molar-refractivity contribution in [2.24, 2.45) is 0 Å². The molecule has 6 nitrogen and oxygen atoms in total. The number of sulfone groups is 1. The molecule has 4 rings (SSSR count). The maximum atomic E-state index is 12.5. The molecule has 1 atom stereocenters. The van der Waals surface area contributed by atoms with Crippen molar-refractivity contribution >= 4 is 33.0 Å². The standard InChI is InChI=1S/C25H23ClN2O4S/c1-27-23(19-10-14-21(15-11-19)33(2,31)32)22(18-8-12-20(26)13-9-18)24(25(29)30)28(27)16-17-6-4-3-5-7-17/h3-15,23H,16H2,1-2H3,(H,29,30). The number of hydrogen-bond donors (Lipinski definition) is 1. The highest BCUT2D eigenvalue weighted by atomic mass is 35.5. The van der Waals surface area contributed by atoms with Crippen LogP contribution in [0.1, 0.15) is 22.7 Å². The molecule has 3 aromatic carbocycles. The molecule has 8 heteroatoms. The van der Waals surface area contributed by atoms with Gasteiger partial charge in [-0.3, -0.25) is 5.01 Å². The molecule has 0 saturated carbocycles. The van der Waals surface area contributed by atoms with Crippen LogP contribution in [0.25, 0.3) is 5.57 Å². The molecule has 0 saturated heterocycles. The van der Waals surface area contributed by atoms with Crippen LogP contribution in [-0.4, -0.2) is 42.8 Å². The third kappa shape index (κ3) is 4.66. The molecule has 3 aromatic rings. The van der Waals surface area contributed by atoms with Crippen LogP contribution in [0, 0.1) is 0 Å². The Morgan fingerprint density at radius 3 is 2.12 bits per heavy atom.